The van der Waals surface area contributed by atoms with Crippen LogP contribution < -0.4 is 0 Å². The number of aromatic nitrogens is 2. The molecule has 0 aromatic carbocycles. The summed E-state index contributed by atoms with van der Waals surface area (Å²) >= 11 is 0. The lowest BCUT2D eigenvalue weighted by Crippen LogP contribution is -2.46. The Labute approximate surface area is 120 Å². The molecule has 5 heteroatoms. The molecular formula is C15H24N4O. The van der Waals surface area contributed by atoms with Crippen LogP contribution in [-0.4, -0.2) is 58.2 Å². The van der Waals surface area contributed by atoms with E-state index in [1.54, 1.807) is 0 Å². The van der Waals surface area contributed by atoms with E-state index < -0.39 is 0 Å². The molecule has 2 aliphatic rings. The number of hydrogen-bond donors (Lipinski definition) is 0. The van der Waals surface area contributed by atoms with E-state index in [4.69, 9.17) is 0 Å². The molecule has 2 fully saturated rings. The molecule has 1 aromatic heterocycles. The van der Waals surface area contributed by atoms with E-state index >= 15 is 0 Å². The fourth-order valence-corrected chi connectivity index (χ4v) is 3.01. The molecular weight excluding hydrogens is 252 g/mol. The first-order chi connectivity index (χ1) is 9.74. The average Bonchev–Trinajstić information content (AvgIpc) is 3.21. The van der Waals surface area contributed by atoms with Gasteiger partial charge in [-0.15, -0.1) is 0 Å². The monoisotopic (exact) mass is 276 g/mol. The first-order valence-corrected chi connectivity index (χ1v) is 7.70. The van der Waals surface area contributed by atoms with Crippen molar-refractivity contribution >= 4 is 5.91 Å². The lowest BCUT2D eigenvalue weighted by Gasteiger charge is -2.36. The van der Waals surface area contributed by atoms with Gasteiger partial charge in [0.1, 0.15) is 0 Å². The van der Waals surface area contributed by atoms with Gasteiger partial charge in [-0.3, -0.25) is 9.48 Å². The van der Waals surface area contributed by atoms with E-state index in [0.717, 1.165) is 51.9 Å². The first-order valence-electron chi connectivity index (χ1n) is 7.70. The maximum atomic E-state index is 12.1. The highest BCUT2D eigenvalue weighted by atomic mass is 16.2. The summed E-state index contributed by atoms with van der Waals surface area (Å²) in [5.74, 6) is 0.720. The highest BCUT2D eigenvalue weighted by molar-refractivity contribution is 5.81. The fourth-order valence-electron chi connectivity index (χ4n) is 3.01. The van der Waals surface area contributed by atoms with Gasteiger partial charge in [-0.1, -0.05) is 0 Å². The van der Waals surface area contributed by atoms with Gasteiger partial charge in [-0.05, 0) is 31.7 Å². The minimum Gasteiger partial charge on any atom is -0.342 e. The van der Waals surface area contributed by atoms with E-state index in [1.165, 1.54) is 0 Å². The predicted molar refractivity (Wildman–Crippen MR) is 77.2 cm³/mol. The third kappa shape index (κ3) is 3.20. The van der Waals surface area contributed by atoms with Crippen molar-refractivity contribution in [2.75, 3.05) is 26.7 Å². The van der Waals surface area contributed by atoms with Crippen molar-refractivity contribution in [1.82, 2.24) is 19.6 Å². The summed E-state index contributed by atoms with van der Waals surface area (Å²) in [4.78, 5) is 16.6. The number of carbonyl (C=O) groups is 1. The minimum atomic E-state index is 0.345. The summed E-state index contributed by atoms with van der Waals surface area (Å²) in [7, 11) is 1.99. The highest BCUT2D eigenvalue weighted by Crippen LogP contribution is 2.32. The van der Waals surface area contributed by atoms with Crippen LogP contribution in [0.3, 0.4) is 0 Å². The van der Waals surface area contributed by atoms with E-state index in [1.807, 2.05) is 35.1 Å². The van der Waals surface area contributed by atoms with Gasteiger partial charge in [0.15, 0.2) is 0 Å². The number of amides is 1. The quantitative estimate of drug-likeness (QED) is 0.812. The summed E-state index contributed by atoms with van der Waals surface area (Å²) < 4.78 is 1.98. The second-order valence-electron chi connectivity index (χ2n) is 6.07. The Bertz CT molecular complexity index is 433. The minimum absolute atomic E-state index is 0.345. The highest BCUT2D eigenvalue weighted by Gasteiger charge is 2.35. The van der Waals surface area contributed by atoms with Crippen LogP contribution in [-0.2, 0) is 11.3 Å². The zero-order chi connectivity index (χ0) is 13.9. The van der Waals surface area contributed by atoms with Gasteiger partial charge in [0.05, 0.1) is 6.54 Å². The van der Waals surface area contributed by atoms with Crippen LogP contribution in [0.2, 0.25) is 0 Å². The Kier molecular flexibility index (Phi) is 4.05. The van der Waals surface area contributed by atoms with Gasteiger partial charge in [0.25, 0.3) is 0 Å². The van der Waals surface area contributed by atoms with Crippen LogP contribution in [0.25, 0.3) is 0 Å². The van der Waals surface area contributed by atoms with Gasteiger partial charge in [-0.25, -0.2) is 0 Å². The first kappa shape index (κ1) is 13.6. The molecule has 5 nitrogen and oxygen atoms in total. The molecule has 1 aliphatic carbocycles. The van der Waals surface area contributed by atoms with Crippen molar-refractivity contribution in [2.45, 2.75) is 38.3 Å². The Balaban J connectivity index is 1.41. The standard InChI is InChI=1S/C15H24N4O/c1-17(15(20)13-3-4-13)14-5-9-18(10-6-14)11-12-19-8-2-7-16-19/h2,7-8,13-14H,3-6,9-12H2,1H3. The number of likely N-dealkylation sites (tertiary alicyclic amines) is 1. The van der Waals surface area contributed by atoms with Gasteiger partial charge in [-0.2, -0.15) is 5.10 Å². The van der Waals surface area contributed by atoms with Crippen molar-refractivity contribution in [1.29, 1.82) is 0 Å². The second-order valence-corrected chi connectivity index (χ2v) is 6.07. The van der Waals surface area contributed by atoms with Gasteiger partial charge >= 0.3 is 0 Å². The fraction of sp³-hybridized carbons (Fsp3) is 0.733. The second kappa shape index (κ2) is 5.95. The Morgan fingerprint density at radius 1 is 1.25 bits per heavy atom. The van der Waals surface area contributed by atoms with Crippen LogP contribution in [0, 0.1) is 5.92 Å². The topological polar surface area (TPSA) is 41.4 Å². The molecule has 1 aliphatic heterocycles. The number of hydrogen-bond acceptors (Lipinski definition) is 3. The van der Waals surface area contributed by atoms with Crippen LogP contribution in [0.15, 0.2) is 18.5 Å². The molecule has 1 aromatic rings. The number of piperidine rings is 1. The predicted octanol–water partition coefficient (Wildman–Crippen LogP) is 1.22. The van der Waals surface area contributed by atoms with E-state index in [9.17, 15) is 4.79 Å². The van der Waals surface area contributed by atoms with E-state index in [2.05, 4.69) is 10.00 Å². The molecule has 0 bridgehead atoms. The SMILES string of the molecule is CN(C(=O)C1CC1)C1CCN(CCn2cccn2)CC1. The molecule has 0 N–H and O–H groups in total. The van der Waals surface area contributed by atoms with Crippen LogP contribution in [0.4, 0.5) is 0 Å². The summed E-state index contributed by atoms with van der Waals surface area (Å²) in [6.07, 6.45) is 8.25. The number of nitrogens with zero attached hydrogens (tertiary/aromatic N) is 4. The molecule has 3 rings (SSSR count). The zero-order valence-electron chi connectivity index (χ0n) is 12.2. The molecule has 20 heavy (non-hydrogen) atoms. The van der Waals surface area contributed by atoms with Crippen molar-refractivity contribution in [3.63, 3.8) is 0 Å². The van der Waals surface area contributed by atoms with Gasteiger partial charge in [0.2, 0.25) is 5.91 Å². The largest absolute Gasteiger partial charge is 0.342 e. The molecule has 1 saturated carbocycles. The molecule has 0 radical (unpaired) electrons. The Hall–Kier alpha value is -1.36. The van der Waals surface area contributed by atoms with Crippen LogP contribution >= 0.6 is 0 Å². The average molecular weight is 276 g/mol. The molecule has 0 atom stereocenters. The van der Waals surface area contributed by atoms with Gasteiger partial charge in [0, 0.05) is 51.0 Å². The van der Waals surface area contributed by atoms with Crippen molar-refractivity contribution < 1.29 is 4.79 Å². The summed E-state index contributed by atoms with van der Waals surface area (Å²) in [6, 6.07) is 2.41. The number of carbonyl (C=O) groups excluding carboxylic acids is 1. The van der Waals surface area contributed by atoms with Crippen molar-refractivity contribution in [3.8, 4) is 0 Å². The van der Waals surface area contributed by atoms with Crippen molar-refractivity contribution in [2.24, 2.45) is 5.92 Å². The third-order valence-electron chi connectivity index (χ3n) is 4.58. The maximum Gasteiger partial charge on any atom is 0.225 e. The third-order valence-corrected chi connectivity index (χ3v) is 4.58. The Morgan fingerprint density at radius 3 is 2.60 bits per heavy atom. The Morgan fingerprint density at radius 2 is 2.00 bits per heavy atom. The summed E-state index contributed by atoms with van der Waals surface area (Å²) in [5, 5.41) is 4.23. The lowest BCUT2D eigenvalue weighted by molar-refractivity contribution is -0.134. The lowest BCUT2D eigenvalue weighted by atomic mass is 10.0. The molecule has 0 unspecified atom stereocenters. The normalized spacial score (nSPS) is 21.1. The maximum absolute atomic E-state index is 12.1. The van der Waals surface area contributed by atoms with Crippen molar-refractivity contribution in [3.05, 3.63) is 18.5 Å². The molecule has 110 valence electrons. The van der Waals surface area contributed by atoms with E-state index in [-0.39, 0.29) is 0 Å². The van der Waals surface area contributed by atoms with Crippen LogP contribution in [0.1, 0.15) is 25.7 Å². The molecule has 1 saturated heterocycles. The van der Waals surface area contributed by atoms with Crippen LogP contribution in [0.5, 0.6) is 0 Å². The smallest absolute Gasteiger partial charge is 0.225 e. The summed E-state index contributed by atoms with van der Waals surface area (Å²) in [6.45, 7) is 4.19. The van der Waals surface area contributed by atoms with E-state index in [0.29, 0.717) is 17.9 Å². The molecule has 1 amide bonds. The number of rotatable bonds is 5. The molecule has 0 spiro atoms. The summed E-state index contributed by atoms with van der Waals surface area (Å²) in [5.41, 5.74) is 0. The molecule has 2 heterocycles. The van der Waals surface area contributed by atoms with Gasteiger partial charge < -0.3 is 9.80 Å². The zero-order valence-corrected chi connectivity index (χ0v) is 12.2.